The Bertz CT molecular complexity index is 710. The van der Waals surface area contributed by atoms with E-state index in [2.05, 4.69) is 6.07 Å². The minimum absolute atomic E-state index is 0.0783. The SMILES string of the molecule is N#CC1(C(=O)N2CCN(C(=O)c3cc(Cl)cc(Cl)c3)CC2)CCCC1. The maximum atomic E-state index is 12.8. The molecule has 7 heteroatoms. The Morgan fingerprint density at radius 2 is 1.48 bits per heavy atom. The van der Waals surface area contributed by atoms with Gasteiger partial charge < -0.3 is 9.80 Å². The zero-order valence-corrected chi connectivity index (χ0v) is 15.3. The lowest BCUT2D eigenvalue weighted by molar-refractivity contribution is -0.140. The first-order chi connectivity index (χ1) is 11.9. The van der Waals surface area contributed by atoms with E-state index in [0.717, 1.165) is 12.8 Å². The van der Waals surface area contributed by atoms with Crippen LogP contribution in [-0.2, 0) is 4.79 Å². The fourth-order valence-electron chi connectivity index (χ4n) is 3.63. The molecule has 2 aliphatic rings. The van der Waals surface area contributed by atoms with Gasteiger partial charge in [-0.05, 0) is 31.0 Å². The molecule has 1 saturated carbocycles. The minimum Gasteiger partial charge on any atom is -0.338 e. The van der Waals surface area contributed by atoms with Gasteiger partial charge in [0.05, 0.1) is 6.07 Å². The number of hydrogen-bond donors (Lipinski definition) is 0. The van der Waals surface area contributed by atoms with Gasteiger partial charge >= 0.3 is 0 Å². The van der Waals surface area contributed by atoms with Crippen molar-refractivity contribution in [3.63, 3.8) is 0 Å². The van der Waals surface area contributed by atoms with Gasteiger partial charge in [-0.1, -0.05) is 36.0 Å². The van der Waals surface area contributed by atoms with Crippen LogP contribution in [0.2, 0.25) is 10.0 Å². The van der Waals surface area contributed by atoms with E-state index in [-0.39, 0.29) is 11.8 Å². The Morgan fingerprint density at radius 3 is 2.00 bits per heavy atom. The lowest BCUT2D eigenvalue weighted by atomic mass is 9.86. The van der Waals surface area contributed by atoms with Crippen LogP contribution in [0.1, 0.15) is 36.0 Å². The summed E-state index contributed by atoms with van der Waals surface area (Å²) >= 11 is 11.9. The van der Waals surface area contributed by atoms with Crippen LogP contribution >= 0.6 is 23.2 Å². The summed E-state index contributed by atoms with van der Waals surface area (Å²) in [5.74, 6) is -0.224. The highest BCUT2D eigenvalue weighted by atomic mass is 35.5. The third-order valence-corrected chi connectivity index (χ3v) is 5.48. The number of benzene rings is 1. The predicted molar refractivity (Wildman–Crippen MR) is 95.5 cm³/mol. The monoisotopic (exact) mass is 379 g/mol. The van der Waals surface area contributed by atoms with Crippen LogP contribution in [-0.4, -0.2) is 47.8 Å². The van der Waals surface area contributed by atoms with E-state index >= 15 is 0 Å². The molecule has 3 rings (SSSR count). The average molecular weight is 380 g/mol. The van der Waals surface area contributed by atoms with Gasteiger partial charge in [0, 0.05) is 41.8 Å². The lowest BCUT2D eigenvalue weighted by Gasteiger charge is -2.37. The molecule has 1 heterocycles. The third kappa shape index (κ3) is 3.61. The van der Waals surface area contributed by atoms with Crippen LogP contribution in [0.15, 0.2) is 18.2 Å². The van der Waals surface area contributed by atoms with Gasteiger partial charge in [-0.25, -0.2) is 0 Å². The number of nitriles is 1. The molecule has 5 nitrogen and oxygen atoms in total. The molecule has 0 bridgehead atoms. The van der Waals surface area contributed by atoms with E-state index < -0.39 is 5.41 Å². The molecule has 1 aromatic rings. The van der Waals surface area contributed by atoms with E-state index in [0.29, 0.717) is 54.6 Å². The van der Waals surface area contributed by atoms with Crippen molar-refractivity contribution >= 4 is 35.0 Å². The highest BCUT2D eigenvalue weighted by Gasteiger charge is 2.44. The number of carbonyl (C=O) groups excluding carboxylic acids is 2. The first-order valence-electron chi connectivity index (χ1n) is 8.41. The number of amides is 2. The van der Waals surface area contributed by atoms with Gasteiger partial charge in [-0.3, -0.25) is 9.59 Å². The number of halogens is 2. The fraction of sp³-hybridized carbons (Fsp3) is 0.500. The van der Waals surface area contributed by atoms with Gasteiger partial charge in [-0.2, -0.15) is 5.26 Å². The highest BCUT2D eigenvalue weighted by molar-refractivity contribution is 6.35. The van der Waals surface area contributed by atoms with Gasteiger partial charge in [0.25, 0.3) is 5.91 Å². The van der Waals surface area contributed by atoms with E-state index in [9.17, 15) is 14.9 Å². The first kappa shape index (κ1) is 18.0. The number of rotatable bonds is 2. The van der Waals surface area contributed by atoms with Crippen molar-refractivity contribution in [2.24, 2.45) is 5.41 Å². The zero-order valence-electron chi connectivity index (χ0n) is 13.8. The van der Waals surface area contributed by atoms with E-state index in [1.807, 2.05) is 0 Å². The summed E-state index contributed by atoms with van der Waals surface area (Å²) in [6.07, 6.45) is 3.13. The molecule has 0 N–H and O–H groups in total. The van der Waals surface area contributed by atoms with Gasteiger partial charge in [-0.15, -0.1) is 0 Å². The molecule has 2 amide bonds. The molecule has 1 aliphatic carbocycles. The fourth-order valence-corrected chi connectivity index (χ4v) is 4.15. The van der Waals surface area contributed by atoms with Crippen LogP contribution in [0.4, 0.5) is 0 Å². The Labute approximate surface area is 157 Å². The molecule has 0 unspecified atom stereocenters. The molecule has 1 aliphatic heterocycles. The van der Waals surface area contributed by atoms with Crippen molar-refractivity contribution in [3.05, 3.63) is 33.8 Å². The molecule has 0 aromatic heterocycles. The number of carbonyl (C=O) groups is 2. The summed E-state index contributed by atoms with van der Waals surface area (Å²) in [6.45, 7) is 1.77. The maximum Gasteiger partial charge on any atom is 0.254 e. The first-order valence-corrected chi connectivity index (χ1v) is 9.17. The van der Waals surface area contributed by atoms with Crippen LogP contribution in [0, 0.1) is 16.7 Å². The largest absolute Gasteiger partial charge is 0.338 e. The van der Waals surface area contributed by atoms with E-state index in [1.54, 1.807) is 28.0 Å². The average Bonchev–Trinajstić information content (AvgIpc) is 3.10. The van der Waals surface area contributed by atoms with Crippen molar-refractivity contribution in [3.8, 4) is 6.07 Å². The van der Waals surface area contributed by atoms with Crippen LogP contribution in [0.25, 0.3) is 0 Å². The Hall–Kier alpha value is -1.77. The summed E-state index contributed by atoms with van der Waals surface area (Å²) in [5, 5.41) is 10.3. The minimum atomic E-state index is -0.855. The van der Waals surface area contributed by atoms with Gasteiger partial charge in [0.15, 0.2) is 0 Å². The van der Waals surface area contributed by atoms with Crippen molar-refractivity contribution in [1.82, 2.24) is 9.80 Å². The molecule has 1 aromatic carbocycles. The second-order valence-corrected chi connectivity index (χ2v) is 7.52. The summed E-state index contributed by atoms with van der Waals surface area (Å²) in [5.41, 5.74) is -0.409. The molecule has 25 heavy (non-hydrogen) atoms. The zero-order chi connectivity index (χ0) is 18.0. The number of nitrogens with zero attached hydrogens (tertiary/aromatic N) is 3. The topological polar surface area (TPSA) is 64.4 Å². The van der Waals surface area contributed by atoms with E-state index in [1.165, 1.54) is 0 Å². The standard InChI is InChI=1S/C18H19Cl2N3O2/c19-14-9-13(10-15(20)11-14)16(24)22-5-7-23(8-6-22)17(25)18(12-21)3-1-2-4-18/h9-11H,1-8H2. The number of piperazine rings is 1. The van der Waals surface area contributed by atoms with Gasteiger partial charge in [0.2, 0.25) is 5.91 Å². The molecule has 0 atom stereocenters. The molecule has 132 valence electrons. The molecular weight excluding hydrogens is 361 g/mol. The number of hydrogen-bond acceptors (Lipinski definition) is 3. The normalized spacial score (nSPS) is 19.6. The van der Waals surface area contributed by atoms with Crippen molar-refractivity contribution < 1.29 is 9.59 Å². The maximum absolute atomic E-state index is 12.8. The molecule has 0 radical (unpaired) electrons. The van der Waals surface area contributed by atoms with Crippen LogP contribution < -0.4 is 0 Å². The Kier molecular flexibility index (Phi) is 5.21. The van der Waals surface area contributed by atoms with Crippen molar-refractivity contribution in [2.75, 3.05) is 26.2 Å². The Morgan fingerprint density at radius 1 is 0.960 bits per heavy atom. The smallest absolute Gasteiger partial charge is 0.254 e. The third-order valence-electron chi connectivity index (χ3n) is 5.04. The lowest BCUT2D eigenvalue weighted by Crippen LogP contribution is -2.53. The van der Waals surface area contributed by atoms with Crippen molar-refractivity contribution in [2.45, 2.75) is 25.7 Å². The van der Waals surface area contributed by atoms with Crippen molar-refractivity contribution in [1.29, 1.82) is 5.26 Å². The molecule has 2 fully saturated rings. The summed E-state index contributed by atoms with van der Waals surface area (Å²) in [7, 11) is 0. The quantitative estimate of drug-likeness (QED) is 0.790. The van der Waals surface area contributed by atoms with Gasteiger partial charge in [0.1, 0.15) is 5.41 Å². The summed E-state index contributed by atoms with van der Waals surface area (Å²) in [4.78, 5) is 28.8. The Balaban J connectivity index is 1.64. The second kappa shape index (κ2) is 7.23. The molecule has 1 saturated heterocycles. The highest BCUT2D eigenvalue weighted by Crippen LogP contribution is 2.39. The summed E-state index contributed by atoms with van der Waals surface area (Å²) < 4.78 is 0. The summed E-state index contributed by atoms with van der Waals surface area (Å²) in [6, 6.07) is 7.02. The molecule has 0 spiro atoms. The second-order valence-electron chi connectivity index (χ2n) is 6.64. The van der Waals surface area contributed by atoms with Crippen LogP contribution in [0.3, 0.4) is 0 Å². The van der Waals surface area contributed by atoms with Crippen LogP contribution in [0.5, 0.6) is 0 Å². The van der Waals surface area contributed by atoms with E-state index in [4.69, 9.17) is 23.2 Å². The predicted octanol–water partition coefficient (Wildman–Crippen LogP) is 3.36. The molecular formula is C18H19Cl2N3O2.